The maximum Gasteiger partial charge on any atom is 0.158 e. The Bertz CT molecular complexity index is 888. The van der Waals surface area contributed by atoms with E-state index in [4.69, 9.17) is 4.74 Å². The lowest BCUT2D eigenvalue weighted by atomic mass is 10.1. The normalized spacial score (nSPS) is 14.3. The van der Waals surface area contributed by atoms with Gasteiger partial charge in [-0.05, 0) is 12.1 Å². The van der Waals surface area contributed by atoms with Gasteiger partial charge in [0.15, 0.2) is 5.78 Å². The molecule has 1 saturated heterocycles. The maximum absolute atomic E-state index is 12.4. The molecule has 0 N–H and O–H groups in total. The molecule has 8 heteroatoms. The largest absolute Gasteiger partial charge is 0.378 e. The van der Waals surface area contributed by atoms with Gasteiger partial charge in [-0.2, -0.15) is 0 Å². The number of anilines is 1. The van der Waals surface area contributed by atoms with Gasteiger partial charge in [0, 0.05) is 49.1 Å². The minimum atomic E-state index is 0.0840. The van der Waals surface area contributed by atoms with E-state index in [0.717, 1.165) is 35.9 Å². The third-order valence-corrected chi connectivity index (χ3v) is 4.38. The average molecular weight is 364 g/mol. The van der Waals surface area contributed by atoms with E-state index in [2.05, 4.69) is 24.8 Å². The topological polar surface area (TPSA) is 86.0 Å². The number of Topliss-reactive ketones (excluding diaryl/α,β-unsaturated/α-hetero) is 1. The molecule has 3 aromatic heterocycles. The number of aromatic nitrogens is 5. The summed E-state index contributed by atoms with van der Waals surface area (Å²) in [5, 5.41) is 0. The molecule has 4 heterocycles. The number of nitrogens with zero attached hydrogens (tertiary/aromatic N) is 6. The number of imidazole rings is 1. The summed E-state index contributed by atoms with van der Waals surface area (Å²) >= 11 is 0. The Morgan fingerprint density at radius 3 is 2.70 bits per heavy atom. The number of pyridine rings is 1. The highest BCUT2D eigenvalue weighted by Crippen LogP contribution is 2.15. The van der Waals surface area contributed by atoms with E-state index in [0.29, 0.717) is 13.2 Å². The van der Waals surface area contributed by atoms with Crippen molar-refractivity contribution in [3.8, 4) is 11.3 Å². The van der Waals surface area contributed by atoms with Crippen LogP contribution in [0.4, 0.5) is 5.82 Å². The van der Waals surface area contributed by atoms with Gasteiger partial charge in [-0.1, -0.05) is 0 Å². The van der Waals surface area contributed by atoms with E-state index >= 15 is 0 Å². The molecule has 4 rings (SSSR count). The molecule has 0 spiro atoms. The van der Waals surface area contributed by atoms with Crippen LogP contribution in [0.5, 0.6) is 0 Å². The zero-order chi connectivity index (χ0) is 18.5. The molecule has 0 aromatic carbocycles. The number of carbonyl (C=O) groups excluding carboxylic acids is 1. The Labute approximate surface area is 156 Å². The number of ketones is 1. The van der Waals surface area contributed by atoms with Crippen molar-refractivity contribution in [3.05, 3.63) is 55.1 Å². The van der Waals surface area contributed by atoms with Gasteiger partial charge >= 0.3 is 0 Å². The molecule has 3 aromatic rings. The van der Waals surface area contributed by atoms with Crippen LogP contribution in [-0.4, -0.2) is 56.6 Å². The number of ether oxygens (including phenoxy) is 1. The summed E-state index contributed by atoms with van der Waals surface area (Å²) < 4.78 is 7.17. The predicted molar refractivity (Wildman–Crippen MR) is 99.2 cm³/mol. The van der Waals surface area contributed by atoms with Crippen molar-refractivity contribution in [1.29, 1.82) is 0 Å². The van der Waals surface area contributed by atoms with Crippen LogP contribution < -0.4 is 4.90 Å². The van der Waals surface area contributed by atoms with E-state index in [1.807, 2.05) is 22.9 Å². The summed E-state index contributed by atoms with van der Waals surface area (Å²) in [6, 6.07) is 3.77. The average Bonchev–Trinajstić information content (AvgIpc) is 3.18. The standard InChI is InChI=1S/C19H20N6O2/c26-17(12-24-13-19(23-14-24)25-5-7-27-8-6-25)9-16-2-1-15(10-22-16)18-11-20-3-4-21-18/h1-4,10-11,13-14H,5-9,12H2. The molecule has 138 valence electrons. The smallest absolute Gasteiger partial charge is 0.158 e. The Hall–Kier alpha value is -3.13. The summed E-state index contributed by atoms with van der Waals surface area (Å²) in [7, 11) is 0. The second-order valence-corrected chi connectivity index (χ2v) is 6.35. The third-order valence-electron chi connectivity index (χ3n) is 4.38. The predicted octanol–water partition coefficient (Wildman–Crippen LogP) is 1.38. The quantitative estimate of drug-likeness (QED) is 0.653. The highest BCUT2D eigenvalue weighted by molar-refractivity contribution is 5.80. The molecule has 0 amide bonds. The van der Waals surface area contributed by atoms with E-state index in [9.17, 15) is 4.79 Å². The highest BCUT2D eigenvalue weighted by atomic mass is 16.5. The first-order valence-corrected chi connectivity index (χ1v) is 8.85. The van der Waals surface area contributed by atoms with Gasteiger partial charge in [-0.25, -0.2) is 4.98 Å². The van der Waals surface area contributed by atoms with Crippen LogP contribution in [0.15, 0.2) is 49.4 Å². The molecule has 0 unspecified atom stereocenters. The van der Waals surface area contributed by atoms with E-state index in [-0.39, 0.29) is 18.7 Å². The zero-order valence-electron chi connectivity index (χ0n) is 14.9. The first-order chi connectivity index (χ1) is 13.3. The summed E-state index contributed by atoms with van der Waals surface area (Å²) in [4.78, 5) is 31.6. The molecule has 27 heavy (non-hydrogen) atoms. The van der Waals surface area contributed by atoms with Gasteiger partial charge in [0.25, 0.3) is 0 Å². The molecule has 0 atom stereocenters. The minimum absolute atomic E-state index is 0.0840. The van der Waals surface area contributed by atoms with Crippen molar-refractivity contribution in [2.24, 2.45) is 0 Å². The van der Waals surface area contributed by atoms with Crippen molar-refractivity contribution in [3.63, 3.8) is 0 Å². The lowest BCUT2D eigenvalue weighted by molar-refractivity contribution is -0.119. The van der Waals surface area contributed by atoms with Gasteiger partial charge in [0.1, 0.15) is 5.82 Å². The Balaban J connectivity index is 1.35. The van der Waals surface area contributed by atoms with Crippen LogP contribution in [0.1, 0.15) is 5.69 Å². The number of rotatable bonds is 6. The minimum Gasteiger partial charge on any atom is -0.378 e. The Kier molecular flexibility index (Phi) is 5.15. The zero-order valence-corrected chi connectivity index (χ0v) is 14.9. The molecular formula is C19H20N6O2. The lowest BCUT2D eigenvalue weighted by Gasteiger charge is -2.26. The van der Waals surface area contributed by atoms with E-state index < -0.39 is 0 Å². The molecule has 1 fully saturated rings. The second-order valence-electron chi connectivity index (χ2n) is 6.35. The highest BCUT2D eigenvalue weighted by Gasteiger charge is 2.14. The van der Waals surface area contributed by atoms with Gasteiger partial charge in [0.2, 0.25) is 0 Å². The maximum atomic E-state index is 12.4. The first-order valence-electron chi connectivity index (χ1n) is 8.85. The van der Waals surface area contributed by atoms with Crippen LogP contribution in [0.2, 0.25) is 0 Å². The van der Waals surface area contributed by atoms with Crippen molar-refractivity contribution in [2.45, 2.75) is 13.0 Å². The second kappa shape index (κ2) is 8.05. The third kappa shape index (κ3) is 4.35. The molecule has 0 radical (unpaired) electrons. The van der Waals surface area contributed by atoms with Crippen molar-refractivity contribution >= 4 is 11.6 Å². The van der Waals surface area contributed by atoms with E-state index in [1.165, 1.54) is 0 Å². The van der Waals surface area contributed by atoms with E-state index in [1.54, 1.807) is 31.1 Å². The number of morpholine rings is 1. The van der Waals surface area contributed by atoms with Crippen molar-refractivity contribution in [1.82, 2.24) is 24.5 Å². The molecular weight excluding hydrogens is 344 g/mol. The molecule has 0 aliphatic carbocycles. The first kappa shape index (κ1) is 17.3. The fraction of sp³-hybridized carbons (Fsp3) is 0.316. The Morgan fingerprint density at radius 1 is 1.07 bits per heavy atom. The molecule has 8 nitrogen and oxygen atoms in total. The van der Waals surface area contributed by atoms with Crippen LogP contribution in [0.3, 0.4) is 0 Å². The SMILES string of the molecule is O=C(Cc1ccc(-c2cnccn2)cn1)Cn1cnc(N2CCOCC2)c1. The number of carbonyl (C=O) groups is 1. The van der Waals surface area contributed by atoms with Gasteiger partial charge < -0.3 is 14.2 Å². The lowest BCUT2D eigenvalue weighted by Crippen LogP contribution is -2.36. The molecule has 0 saturated carbocycles. The van der Waals surface area contributed by atoms with Gasteiger partial charge in [-0.15, -0.1) is 0 Å². The summed E-state index contributed by atoms with van der Waals surface area (Å²) in [5.41, 5.74) is 2.38. The summed E-state index contributed by atoms with van der Waals surface area (Å²) in [6.45, 7) is 3.36. The van der Waals surface area contributed by atoms with Crippen molar-refractivity contribution < 1.29 is 9.53 Å². The monoisotopic (exact) mass is 364 g/mol. The fourth-order valence-electron chi connectivity index (χ4n) is 2.98. The number of hydrogen-bond donors (Lipinski definition) is 0. The van der Waals surface area contributed by atoms with Crippen LogP contribution in [0.25, 0.3) is 11.3 Å². The van der Waals surface area contributed by atoms with Crippen molar-refractivity contribution in [2.75, 3.05) is 31.2 Å². The van der Waals surface area contributed by atoms with Crippen LogP contribution in [-0.2, 0) is 22.5 Å². The molecule has 0 bridgehead atoms. The Morgan fingerprint density at radius 2 is 1.96 bits per heavy atom. The number of hydrogen-bond acceptors (Lipinski definition) is 7. The summed E-state index contributed by atoms with van der Waals surface area (Å²) in [5.74, 6) is 0.971. The van der Waals surface area contributed by atoms with Crippen LogP contribution >= 0.6 is 0 Å². The van der Waals surface area contributed by atoms with Crippen LogP contribution in [0, 0.1) is 0 Å². The summed E-state index contributed by atoms with van der Waals surface area (Å²) in [6.07, 6.45) is 10.6. The van der Waals surface area contributed by atoms with Gasteiger partial charge in [-0.3, -0.25) is 19.7 Å². The molecule has 1 aliphatic rings. The fourth-order valence-corrected chi connectivity index (χ4v) is 2.98. The molecule has 1 aliphatic heterocycles. The van der Waals surface area contributed by atoms with Gasteiger partial charge in [0.05, 0.1) is 44.4 Å².